The van der Waals surface area contributed by atoms with Crippen LogP contribution in [0.4, 0.5) is 0 Å². The highest BCUT2D eigenvalue weighted by Gasteiger charge is 2.50. The molecule has 1 atom stereocenters. The molecule has 1 aromatic heterocycles. The second kappa shape index (κ2) is 4.83. The first-order valence-corrected chi connectivity index (χ1v) is 7.42. The summed E-state index contributed by atoms with van der Waals surface area (Å²) < 4.78 is 0. The molecule has 2 fully saturated rings. The molecule has 1 saturated carbocycles. The van der Waals surface area contributed by atoms with Crippen molar-refractivity contribution in [3.63, 3.8) is 0 Å². The summed E-state index contributed by atoms with van der Waals surface area (Å²) in [4.78, 5) is 31.0. The molecule has 0 spiro atoms. The van der Waals surface area contributed by atoms with E-state index < -0.39 is 5.54 Å². The van der Waals surface area contributed by atoms with Gasteiger partial charge in [0.15, 0.2) is 0 Å². The number of amides is 2. The van der Waals surface area contributed by atoms with Crippen molar-refractivity contribution in [1.82, 2.24) is 15.2 Å². The fourth-order valence-corrected chi connectivity index (χ4v) is 3.01. The number of carbonyl (C=O) groups excluding carboxylic acids is 2. The molecule has 0 radical (unpaired) electrons. The Morgan fingerprint density at radius 1 is 1.33 bits per heavy atom. The third-order valence-electron chi connectivity index (χ3n) is 4.19. The van der Waals surface area contributed by atoms with E-state index in [2.05, 4.69) is 10.3 Å². The number of pyridine rings is 1. The summed E-state index contributed by atoms with van der Waals surface area (Å²) in [5.74, 6) is 0.269. The first-order valence-electron chi connectivity index (χ1n) is 7.42. The fraction of sp³-hybridized carbons (Fsp3) is 0.562. The number of aromatic nitrogens is 1. The molecule has 0 bridgehead atoms. The average molecular weight is 287 g/mol. The van der Waals surface area contributed by atoms with Crippen LogP contribution in [0.2, 0.25) is 0 Å². The van der Waals surface area contributed by atoms with Crippen LogP contribution < -0.4 is 5.32 Å². The Balaban J connectivity index is 1.90. The summed E-state index contributed by atoms with van der Waals surface area (Å²) in [5.41, 5.74) is 1.20. The van der Waals surface area contributed by atoms with Crippen LogP contribution in [0.25, 0.3) is 0 Å². The van der Waals surface area contributed by atoms with E-state index in [1.54, 1.807) is 31.1 Å². The number of hydrogen-bond donors (Lipinski definition) is 1. The number of nitrogens with zero attached hydrogens (tertiary/aromatic N) is 2. The van der Waals surface area contributed by atoms with Gasteiger partial charge in [0.05, 0.1) is 0 Å². The van der Waals surface area contributed by atoms with Crippen LogP contribution in [0.15, 0.2) is 18.5 Å². The molecule has 2 amide bonds. The summed E-state index contributed by atoms with van der Waals surface area (Å²) in [6.07, 6.45) is 5.60. The van der Waals surface area contributed by atoms with Gasteiger partial charge in [-0.25, -0.2) is 0 Å². The van der Waals surface area contributed by atoms with Gasteiger partial charge in [0.2, 0.25) is 11.8 Å². The number of aryl methyl sites for hydroxylation is 1. The van der Waals surface area contributed by atoms with Crippen LogP contribution in [-0.2, 0) is 16.1 Å². The van der Waals surface area contributed by atoms with E-state index in [9.17, 15) is 9.59 Å². The van der Waals surface area contributed by atoms with Gasteiger partial charge in [0.25, 0.3) is 0 Å². The third-order valence-corrected chi connectivity index (χ3v) is 4.19. The molecule has 1 N–H and O–H groups in total. The Morgan fingerprint density at radius 2 is 2.05 bits per heavy atom. The van der Waals surface area contributed by atoms with Gasteiger partial charge in [0, 0.05) is 18.9 Å². The van der Waals surface area contributed by atoms with Crippen LogP contribution in [0.1, 0.15) is 37.8 Å². The van der Waals surface area contributed by atoms with Gasteiger partial charge in [-0.1, -0.05) is 6.07 Å². The van der Waals surface area contributed by atoms with Gasteiger partial charge in [-0.3, -0.25) is 14.6 Å². The molecule has 5 heteroatoms. The molecule has 3 rings (SSSR count). The van der Waals surface area contributed by atoms with Crippen molar-refractivity contribution in [3.8, 4) is 0 Å². The average Bonchev–Trinajstić information content (AvgIpc) is 3.19. The van der Waals surface area contributed by atoms with E-state index in [-0.39, 0.29) is 17.9 Å². The molecule has 1 unspecified atom stereocenters. The molecular formula is C16H21N3O2. The van der Waals surface area contributed by atoms with E-state index in [0.717, 1.165) is 24.0 Å². The minimum Gasteiger partial charge on any atom is -0.340 e. The van der Waals surface area contributed by atoms with Crippen LogP contribution in [-0.4, -0.2) is 33.3 Å². The Kier molecular flexibility index (Phi) is 3.23. The summed E-state index contributed by atoms with van der Waals surface area (Å²) in [5, 5.41) is 2.86. The lowest BCUT2D eigenvalue weighted by Crippen LogP contribution is -2.68. The molecule has 2 aliphatic rings. The first kappa shape index (κ1) is 14.0. The summed E-state index contributed by atoms with van der Waals surface area (Å²) >= 11 is 0. The van der Waals surface area contributed by atoms with Crippen molar-refractivity contribution in [1.29, 1.82) is 0 Å². The summed E-state index contributed by atoms with van der Waals surface area (Å²) in [6.45, 7) is 5.95. The van der Waals surface area contributed by atoms with E-state index in [0.29, 0.717) is 12.5 Å². The van der Waals surface area contributed by atoms with E-state index in [1.165, 1.54) is 0 Å². The van der Waals surface area contributed by atoms with Gasteiger partial charge in [-0.2, -0.15) is 0 Å². The third kappa shape index (κ3) is 2.64. The van der Waals surface area contributed by atoms with Crippen LogP contribution in [0, 0.1) is 12.8 Å². The van der Waals surface area contributed by atoms with Crippen LogP contribution in [0.3, 0.4) is 0 Å². The predicted octanol–water partition coefficient (Wildman–Crippen LogP) is 1.41. The molecule has 1 aliphatic heterocycles. The molecule has 0 aromatic carbocycles. The van der Waals surface area contributed by atoms with Crippen molar-refractivity contribution in [2.45, 2.75) is 51.7 Å². The first-order chi connectivity index (χ1) is 9.88. The maximum Gasteiger partial charge on any atom is 0.248 e. The van der Waals surface area contributed by atoms with Crippen molar-refractivity contribution in [2.75, 3.05) is 0 Å². The maximum absolute atomic E-state index is 12.7. The quantitative estimate of drug-likeness (QED) is 0.914. The van der Waals surface area contributed by atoms with Gasteiger partial charge in [-0.15, -0.1) is 0 Å². The van der Waals surface area contributed by atoms with E-state index >= 15 is 0 Å². The molecule has 112 valence electrons. The molecular weight excluding hydrogens is 266 g/mol. The van der Waals surface area contributed by atoms with Crippen molar-refractivity contribution >= 4 is 11.8 Å². The van der Waals surface area contributed by atoms with E-state index in [4.69, 9.17) is 0 Å². The predicted molar refractivity (Wildman–Crippen MR) is 78.3 cm³/mol. The molecule has 2 heterocycles. The molecule has 1 aliphatic carbocycles. The smallest absolute Gasteiger partial charge is 0.248 e. The van der Waals surface area contributed by atoms with E-state index in [1.807, 2.05) is 13.0 Å². The molecule has 1 saturated heterocycles. The zero-order chi connectivity index (χ0) is 15.2. The zero-order valence-electron chi connectivity index (χ0n) is 12.7. The normalized spacial score (nSPS) is 24.9. The second-order valence-corrected chi connectivity index (χ2v) is 6.70. The van der Waals surface area contributed by atoms with Crippen molar-refractivity contribution in [3.05, 3.63) is 29.6 Å². The molecule has 5 nitrogen and oxygen atoms in total. The number of hydrogen-bond acceptors (Lipinski definition) is 3. The van der Waals surface area contributed by atoms with Crippen LogP contribution in [0.5, 0.6) is 0 Å². The topological polar surface area (TPSA) is 62.3 Å². The van der Waals surface area contributed by atoms with Crippen molar-refractivity contribution in [2.24, 2.45) is 5.92 Å². The maximum atomic E-state index is 12.7. The lowest BCUT2D eigenvalue weighted by molar-refractivity contribution is -0.155. The second-order valence-electron chi connectivity index (χ2n) is 6.70. The van der Waals surface area contributed by atoms with Gasteiger partial charge >= 0.3 is 0 Å². The highest BCUT2D eigenvalue weighted by atomic mass is 16.2. The van der Waals surface area contributed by atoms with Gasteiger partial charge in [0.1, 0.15) is 11.6 Å². The minimum absolute atomic E-state index is 0.0134. The largest absolute Gasteiger partial charge is 0.340 e. The summed E-state index contributed by atoms with van der Waals surface area (Å²) in [6, 6.07) is 1.69. The Labute approximate surface area is 124 Å². The SMILES string of the molecule is Cc1cncc(CN2C(=O)C(C)(C)NC(=O)C2C2CC2)c1. The standard InChI is InChI=1S/C16H21N3O2/c1-10-6-11(8-17-7-10)9-19-13(12-4-5-12)14(20)18-16(2,3)15(19)21/h6-8,12-13H,4-5,9H2,1-3H3,(H,18,20). The number of rotatable bonds is 3. The highest BCUT2D eigenvalue weighted by Crippen LogP contribution is 2.38. The Hall–Kier alpha value is -1.91. The van der Waals surface area contributed by atoms with Crippen LogP contribution >= 0.6 is 0 Å². The van der Waals surface area contributed by atoms with Gasteiger partial charge < -0.3 is 10.2 Å². The molecule has 1 aromatic rings. The Bertz CT molecular complexity index is 593. The monoisotopic (exact) mass is 287 g/mol. The van der Waals surface area contributed by atoms with Gasteiger partial charge in [-0.05, 0) is 50.7 Å². The molecule has 21 heavy (non-hydrogen) atoms. The lowest BCUT2D eigenvalue weighted by Gasteiger charge is -2.43. The lowest BCUT2D eigenvalue weighted by atomic mass is 9.94. The number of nitrogens with one attached hydrogen (secondary N) is 1. The summed E-state index contributed by atoms with van der Waals surface area (Å²) in [7, 11) is 0. The zero-order valence-corrected chi connectivity index (χ0v) is 12.7. The van der Waals surface area contributed by atoms with Crippen molar-refractivity contribution < 1.29 is 9.59 Å². The Morgan fingerprint density at radius 3 is 2.67 bits per heavy atom. The fourth-order valence-electron chi connectivity index (χ4n) is 3.01. The number of carbonyl (C=O) groups is 2. The number of piperazine rings is 1. The highest BCUT2D eigenvalue weighted by molar-refractivity contribution is 5.99. The minimum atomic E-state index is -0.834.